The topological polar surface area (TPSA) is 53.1 Å². The van der Waals surface area contributed by atoms with Crippen molar-refractivity contribution in [1.29, 1.82) is 0 Å². The van der Waals surface area contributed by atoms with Crippen molar-refractivity contribution >= 4 is 0 Å². The second-order valence-corrected chi connectivity index (χ2v) is 4.45. The molecule has 4 heteroatoms. The van der Waals surface area contributed by atoms with E-state index in [9.17, 15) is 0 Å². The van der Waals surface area contributed by atoms with Gasteiger partial charge in [0.25, 0.3) is 0 Å². The molecule has 1 aromatic heterocycles. The molecule has 0 saturated heterocycles. The van der Waals surface area contributed by atoms with Crippen molar-refractivity contribution in [3.8, 4) is 0 Å². The van der Waals surface area contributed by atoms with Gasteiger partial charge in [-0.3, -0.25) is 4.68 Å². The van der Waals surface area contributed by atoms with Crippen LogP contribution >= 0.6 is 0 Å². The molecular formula is C11H19N3O. The van der Waals surface area contributed by atoms with Crippen molar-refractivity contribution in [2.75, 3.05) is 6.61 Å². The number of rotatable bonds is 4. The van der Waals surface area contributed by atoms with E-state index < -0.39 is 0 Å². The predicted octanol–water partition coefficient (Wildman–Crippen LogP) is 1.44. The van der Waals surface area contributed by atoms with E-state index in [1.165, 1.54) is 24.1 Å². The third kappa shape index (κ3) is 1.58. The average Bonchev–Trinajstić information content (AvgIpc) is 2.89. The molecule has 0 unspecified atom stereocenters. The van der Waals surface area contributed by atoms with Gasteiger partial charge in [0.1, 0.15) is 0 Å². The number of hydrogen-bond acceptors (Lipinski definition) is 3. The van der Waals surface area contributed by atoms with Crippen LogP contribution in [0.1, 0.15) is 36.7 Å². The van der Waals surface area contributed by atoms with Gasteiger partial charge in [0.15, 0.2) is 0 Å². The Morgan fingerprint density at radius 2 is 2.13 bits per heavy atom. The summed E-state index contributed by atoms with van der Waals surface area (Å²) in [5.41, 5.74) is 3.92. The van der Waals surface area contributed by atoms with E-state index >= 15 is 0 Å². The van der Waals surface area contributed by atoms with Gasteiger partial charge in [0.2, 0.25) is 0 Å². The van der Waals surface area contributed by atoms with E-state index in [0.717, 1.165) is 12.2 Å². The first kappa shape index (κ1) is 10.6. The van der Waals surface area contributed by atoms with E-state index in [2.05, 4.69) is 30.6 Å². The van der Waals surface area contributed by atoms with Crippen molar-refractivity contribution in [2.24, 2.45) is 5.90 Å². The molecular weight excluding hydrogens is 190 g/mol. The largest absolute Gasteiger partial charge is 0.304 e. The third-order valence-corrected chi connectivity index (χ3v) is 3.42. The maximum Gasteiger partial charge on any atom is 0.0777 e. The van der Waals surface area contributed by atoms with Crippen LogP contribution in [0.4, 0.5) is 0 Å². The molecule has 0 spiro atoms. The molecule has 0 bridgehead atoms. The van der Waals surface area contributed by atoms with E-state index in [1.807, 2.05) is 0 Å². The van der Waals surface area contributed by atoms with E-state index in [-0.39, 0.29) is 5.41 Å². The van der Waals surface area contributed by atoms with E-state index in [0.29, 0.717) is 6.61 Å². The second-order valence-electron chi connectivity index (χ2n) is 4.45. The fraction of sp³-hybridized carbons (Fsp3) is 0.727. The Labute approximate surface area is 90.4 Å². The summed E-state index contributed by atoms with van der Waals surface area (Å²) < 4.78 is 2.06. The zero-order valence-corrected chi connectivity index (χ0v) is 9.71. The summed E-state index contributed by atoms with van der Waals surface area (Å²) in [7, 11) is 0. The zero-order chi connectivity index (χ0) is 11.1. The first-order valence-corrected chi connectivity index (χ1v) is 5.51. The molecule has 1 heterocycles. The fourth-order valence-corrected chi connectivity index (χ4v) is 2.55. The molecule has 0 atom stereocenters. The van der Waals surface area contributed by atoms with Gasteiger partial charge < -0.3 is 4.84 Å². The van der Waals surface area contributed by atoms with Gasteiger partial charge >= 0.3 is 0 Å². The molecule has 0 amide bonds. The number of aryl methyl sites for hydroxylation is 2. The van der Waals surface area contributed by atoms with Crippen LogP contribution in [-0.2, 0) is 16.8 Å². The van der Waals surface area contributed by atoms with Gasteiger partial charge in [-0.1, -0.05) is 0 Å². The van der Waals surface area contributed by atoms with Gasteiger partial charge in [-0.2, -0.15) is 5.10 Å². The number of nitrogens with zero attached hydrogens (tertiary/aromatic N) is 2. The van der Waals surface area contributed by atoms with Crippen LogP contribution in [0.3, 0.4) is 0 Å². The first-order chi connectivity index (χ1) is 7.14. The lowest BCUT2D eigenvalue weighted by Crippen LogP contribution is -2.19. The van der Waals surface area contributed by atoms with Crippen molar-refractivity contribution in [1.82, 2.24) is 9.78 Å². The van der Waals surface area contributed by atoms with Gasteiger partial charge in [-0.05, 0) is 33.6 Å². The van der Waals surface area contributed by atoms with Crippen LogP contribution in [0.2, 0.25) is 0 Å². The fourth-order valence-electron chi connectivity index (χ4n) is 2.55. The summed E-state index contributed by atoms with van der Waals surface area (Å²) in [5, 5.41) is 4.54. The summed E-state index contributed by atoms with van der Waals surface area (Å²) in [6.45, 7) is 7.86. The molecule has 1 aliphatic rings. The highest BCUT2D eigenvalue weighted by atomic mass is 16.6. The maximum absolute atomic E-state index is 5.20. The van der Waals surface area contributed by atoms with Crippen LogP contribution in [-0.4, -0.2) is 16.4 Å². The van der Waals surface area contributed by atoms with Crippen LogP contribution < -0.4 is 5.90 Å². The summed E-state index contributed by atoms with van der Waals surface area (Å²) in [6.07, 6.45) is 2.34. The third-order valence-electron chi connectivity index (χ3n) is 3.42. The smallest absolute Gasteiger partial charge is 0.0777 e. The summed E-state index contributed by atoms with van der Waals surface area (Å²) >= 11 is 0. The van der Waals surface area contributed by atoms with Crippen LogP contribution in [0.25, 0.3) is 0 Å². The lowest BCUT2D eigenvalue weighted by atomic mass is 9.95. The molecule has 4 nitrogen and oxygen atoms in total. The quantitative estimate of drug-likeness (QED) is 0.763. The summed E-state index contributed by atoms with van der Waals surface area (Å²) in [4.78, 5) is 4.84. The monoisotopic (exact) mass is 209 g/mol. The Morgan fingerprint density at radius 1 is 1.47 bits per heavy atom. The molecule has 1 fully saturated rings. The Bertz CT molecular complexity index is 366. The van der Waals surface area contributed by atoms with Crippen molar-refractivity contribution in [2.45, 2.75) is 45.6 Å². The molecule has 15 heavy (non-hydrogen) atoms. The van der Waals surface area contributed by atoms with Crippen molar-refractivity contribution < 1.29 is 4.84 Å². The minimum Gasteiger partial charge on any atom is -0.304 e. The molecule has 0 aromatic carbocycles. The second kappa shape index (κ2) is 3.61. The molecule has 2 N–H and O–H groups in total. The van der Waals surface area contributed by atoms with Crippen LogP contribution in [0.5, 0.6) is 0 Å². The molecule has 0 radical (unpaired) electrons. The standard InChI is InChI=1S/C11H19N3O/c1-4-14-9(3)10(8(2)13-14)11(5-6-11)7-15-12/h4-7,12H2,1-3H3. The highest BCUT2D eigenvalue weighted by Crippen LogP contribution is 2.50. The summed E-state index contributed by atoms with van der Waals surface area (Å²) in [6, 6.07) is 0. The lowest BCUT2D eigenvalue weighted by Gasteiger charge is -2.14. The molecule has 1 aromatic rings. The van der Waals surface area contributed by atoms with Gasteiger partial charge in [-0.25, -0.2) is 5.90 Å². The Hall–Kier alpha value is -0.870. The minimum absolute atomic E-state index is 0.163. The Kier molecular flexibility index (Phi) is 2.56. The molecule has 2 rings (SSSR count). The predicted molar refractivity (Wildman–Crippen MR) is 58.4 cm³/mol. The average molecular weight is 209 g/mol. The molecule has 1 saturated carbocycles. The van der Waals surface area contributed by atoms with E-state index in [4.69, 9.17) is 10.7 Å². The summed E-state index contributed by atoms with van der Waals surface area (Å²) in [5.74, 6) is 5.20. The van der Waals surface area contributed by atoms with Crippen molar-refractivity contribution in [3.05, 3.63) is 17.0 Å². The van der Waals surface area contributed by atoms with Crippen LogP contribution in [0, 0.1) is 13.8 Å². The first-order valence-electron chi connectivity index (χ1n) is 5.51. The van der Waals surface area contributed by atoms with Gasteiger partial charge in [-0.15, -0.1) is 0 Å². The lowest BCUT2D eigenvalue weighted by molar-refractivity contribution is 0.115. The van der Waals surface area contributed by atoms with Gasteiger partial charge in [0.05, 0.1) is 12.3 Å². The maximum atomic E-state index is 5.20. The van der Waals surface area contributed by atoms with Crippen LogP contribution in [0.15, 0.2) is 0 Å². The number of aromatic nitrogens is 2. The normalized spacial score (nSPS) is 18.1. The highest BCUT2D eigenvalue weighted by Gasteiger charge is 2.47. The van der Waals surface area contributed by atoms with E-state index in [1.54, 1.807) is 0 Å². The molecule has 84 valence electrons. The minimum atomic E-state index is 0.163. The number of nitrogens with two attached hydrogens (primary N) is 1. The van der Waals surface area contributed by atoms with Crippen molar-refractivity contribution in [3.63, 3.8) is 0 Å². The Balaban J connectivity index is 2.39. The SMILES string of the molecule is CCn1nc(C)c(C2(CON)CC2)c1C. The number of hydrogen-bond donors (Lipinski definition) is 1. The molecule has 0 aliphatic heterocycles. The zero-order valence-electron chi connectivity index (χ0n) is 9.71. The molecule has 1 aliphatic carbocycles. The Morgan fingerprint density at radius 3 is 2.53 bits per heavy atom. The van der Waals surface area contributed by atoms with Gasteiger partial charge in [0, 0.05) is 23.2 Å². The highest BCUT2D eigenvalue weighted by molar-refractivity contribution is 5.38.